The smallest absolute Gasteiger partial charge is 0.132 e. The first-order valence-electron chi connectivity index (χ1n) is 13.4. The van der Waals surface area contributed by atoms with Crippen molar-refractivity contribution in [1.29, 1.82) is 0 Å². The molecule has 0 saturated carbocycles. The van der Waals surface area contributed by atoms with Crippen LogP contribution in [0.1, 0.15) is 98.3 Å². The molecular weight excluding hydrogens is 392 g/mol. The quantitative estimate of drug-likeness (QED) is 0.165. The van der Waals surface area contributed by atoms with Crippen molar-refractivity contribution in [1.82, 2.24) is 9.80 Å². The van der Waals surface area contributed by atoms with Crippen molar-refractivity contribution in [3.63, 3.8) is 0 Å². The lowest BCUT2D eigenvalue weighted by atomic mass is 9.93. The molecule has 0 N–H and O–H groups in total. The predicted octanol–water partition coefficient (Wildman–Crippen LogP) is 7.20. The van der Waals surface area contributed by atoms with Crippen molar-refractivity contribution in [2.45, 2.75) is 98.3 Å². The molecule has 1 heterocycles. The van der Waals surface area contributed by atoms with Gasteiger partial charge in [-0.3, -0.25) is 4.79 Å². The summed E-state index contributed by atoms with van der Waals surface area (Å²) in [4.78, 5) is 17.2. The minimum absolute atomic E-state index is 0.451. The molecule has 1 atom stereocenters. The summed E-state index contributed by atoms with van der Waals surface area (Å²) in [5, 5.41) is 0. The van der Waals surface area contributed by atoms with Gasteiger partial charge in [-0.05, 0) is 90.6 Å². The van der Waals surface area contributed by atoms with E-state index in [1.807, 2.05) is 0 Å². The minimum atomic E-state index is 0.451. The number of allylic oxidation sites excluding steroid dienone is 5. The number of ketones is 1. The number of rotatable bonds is 18. The molecule has 0 amide bonds. The van der Waals surface area contributed by atoms with Gasteiger partial charge in [-0.1, -0.05) is 49.8 Å². The average Bonchev–Trinajstić information content (AvgIpc) is 2.80. The fourth-order valence-corrected chi connectivity index (χ4v) is 4.34. The summed E-state index contributed by atoms with van der Waals surface area (Å²) in [5.74, 6) is 1.09. The number of carbonyl (C=O) groups excluding carboxylic acids is 1. The molecular formula is C29H52N2O. The monoisotopic (exact) mass is 444 g/mol. The highest BCUT2D eigenvalue weighted by Gasteiger charge is 2.16. The Hall–Kier alpha value is -1.19. The number of carbonyl (C=O) groups is 1. The van der Waals surface area contributed by atoms with Gasteiger partial charge in [0.25, 0.3) is 0 Å². The van der Waals surface area contributed by atoms with Crippen LogP contribution < -0.4 is 0 Å². The van der Waals surface area contributed by atoms with Gasteiger partial charge >= 0.3 is 0 Å². The Bertz CT molecular complexity index is 570. The standard InChI is InChI=1S/C29H52N2O/c1-6-8-9-10-16-27(4)28(5)17-14-21-31-24-22-30(23-25-31)20-12-11-18-29(32)19-13-15-26(3)7-2/h7-9,27H,5-6,10-25H2,1-4H3/b9-8-,26-7-. The fourth-order valence-electron chi connectivity index (χ4n) is 4.34. The third kappa shape index (κ3) is 14.1. The Morgan fingerprint density at radius 3 is 2.16 bits per heavy atom. The summed E-state index contributed by atoms with van der Waals surface area (Å²) in [5.41, 5.74) is 2.83. The van der Waals surface area contributed by atoms with E-state index in [4.69, 9.17) is 0 Å². The first-order valence-corrected chi connectivity index (χ1v) is 13.4. The molecule has 184 valence electrons. The van der Waals surface area contributed by atoms with Gasteiger partial charge in [0.15, 0.2) is 0 Å². The minimum Gasteiger partial charge on any atom is -0.301 e. The summed E-state index contributed by atoms with van der Waals surface area (Å²) in [6.45, 7) is 20.2. The largest absolute Gasteiger partial charge is 0.301 e. The van der Waals surface area contributed by atoms with Gasteiger partial charge in [-0.15, -0.1) is 0 Å². The van der Waals surface area contributed by atoms with Crippen molar-refractivity contribution < 1.29 is 4.79 Å². The Kier molecular flexibility index (Phi) is 16.5. The number of unbranched alkanes of at least 4 members (excludes halogenated alkanes) is 1. The summed E-state index contributed by atoms with van der Waals surface area (Å²) in [6.07, 6.45) is 18.5. The van der Waals surface area contributed by atoms with E-state index in [2.05, 4.69) is 62.3 Å². The van der Waals surface area contributed by atoms with Crippen LogP contribution in [-0.2, 0) is 4.79 Å². The van der Waals surface area contributed by atoms with E-state index in [1.165, 1.54) is 69.6 Å². The van der Waals surface area contributed by atoms with Gasteiger partial charge in [0.2, 0.25) is 0 Å². The summed E-state index contributed by atoms with van der Waals surface area (Å²) >= 11 is 0. The predicted molar refractivity (Wildman–Crippen MR) is 141 cm³/mol. The molecule has 3 nitrogen and oxygen atoms in total. The molecule has 0 aromatic rings. The van der Waals surface area contributed by atoms with Crippen molar-refractivity contribution in [2.24, 2.45) is 5.92 Å². The van der Waals surface area contributed by atoms with Gasteiger partial charge in [-0.25, -0.2) is 0 Å². The first-order chi connectivity index (χ1) is 15.5. The van der Waals surface area contributed by atoms with Crippen LogP contribution in [0.25, 0.3) is 0 Å². The molecule has 1 aliphatic heterocycles. The second-order valence-electron chi connectivity index (χ2n) is 9.79. The molecule has 1 saturated heterocycles. The van der Waals surface area contributed by atoms with Gasteiger partial charge in [0.05, 0.1) is 0 Å². The van der Waals surface area contributed by atoms with E-state index in [0.29, 0.717) is 11.7 Å². The molecule has 0 aromatic carbocycles. The van der Waals surface area contributed by atoms with Crippen LogP contribution >= 0.6 is 0 Å². The van der Waals surface area contributed by atoms with Gasteiger partial charge in [0.1, 0.15) is 5.78 Å². The zero-order valence-corrected chi connectivity index (χ0v) is 21.8. The second kappa shape index (κ2) is 18.3. The third-order valence-corrected chi connectivity index (χ3v) is 7.00. The van der Waals surface area contributed by atoms with Crippen LogP contribution in [0, 0.1) is 5.92 Å². The molecule has 3 heteroatoms. The Morgan fingerprint density at radius 1 is 0.906 bits per heavy atom. The van der Waals surface area contributed by atoms with E-state index in [-0.39, 0.29) is 0 Å². The molecule has 1 aliphatic rings. The number of Topliss-reactive ketones (excluding diaryl/α,β-unsaturated/α-hetero) is 1. The maximum absolute atomic E-state index is 12.0. The molecule has 1 rings (SSSR count). The number of hydrogen-bond acceptors (Lipinski definition) is 3. The SMILES string of the molecule is C=C(CCCN1CCN(CCCCC(=O)CCC/C(C)=C\C)CC1)C(C)CC/C=C\CC. The van der Waals surface area contributed by atoms with Gasteiger partial charge < -0.3 is 9.80 Å². The Morgan fingerprint density at radius 2 is 1.53 bits per heavy atom. The molecule has 1 unspecified atom stereocenters. The van der Waals surface area contributed by atoms with Crippen molar-refractivity contribution in [3.05, 3.63) is 36.0 Å². The molecule has 0 aliphatic carbocycles. The lowest BCUT2D eigenvalue weighted by Gasteiger charge is -2.34. The normalized spacial score (nSPS) is 17.2. The molecule has 0 radical (unpaired) electrons. The van der Waals surface area contributed by atoms with E-state index in [1.54, 1.807) is 0 Å². The summed E-state index contributed by atoms with van der Waals surface area (Å²) in [7, 11) is 0. The fraction of sp³-hybridized carbons (Fsp3) is 0.759. The van der Waals surface area contributed by atoms with Gasteiger partial charge in [-0.2, -0.15) is 0 Å². The van der Waals surface area contributed by atoms with E-state index in [0.717, 1.165) is 51.5 Å². The Balaban J connectivity index is 2.03. The van der Waals surface area contributed by atoms with E-state index >= 15 is 0 Å². The van der Waals surface area contributed by atoms with Crippen LogP contribution in [0.4, 0.5) is 0 Å². The van der Waals surface area contributed by atoms with Crippen LogP contribution in [0.3, 0.4) is 0 Å². The van der Waals surface area contributed by atoms with Crippen LogP contribution in [0.2, 0.25) is 0 Å². The maximum atomic E-state index is 12.0. The highest BCUT2D eigenvalue weighted by Crippen LogP contribution is 2.20. The first kappa shape index (κ1) is 28.8. The third-order valence-electron chi connectivity index (χ3n) is 7.00. The van der Waals surface area contributed by atoms with Gasteiger partial charge in [0, 0.05) is 39.0 Å². The molecule has 32 heavy (non-hydrogen) atoms. The molecule has 0 bridgehead atoms. The average molecular weight is 445 g/mol. The lowest BCUT2D eigenvalue weighted by molar-refractivity contribution is -0.119. The van der Waals surface area contributed by atoms with Crippen LogP contribution in [0.15, 0.2) is 36.0 Å². The number of nitrogens with zero attached hydrogens (tertiary/aromatic N) is 2. The zero-order valence-electron chi connectivity index (χ0n) is 21.8. The number of hydrogen-bond donors (Lipinski definition) is 0. The topological polar surface area (TPSA) is 23.6 Å². The summed E-state index contributed by atoms with van der Waals surface area (Å²) < 4.78 is 0. The van der Waals surface area contributed by atoms with Crippen molar-refractivity contribution in [3.8, 4) is 0 Å². The lowest BCUT2D eigenvalue weighted by Crippen LogP contribution is -2.46. The van der Waals surface area contributed by atoms with Crippen LogP contribution in [-0.4, -0.2) is 54.9 Å². The maximum Gasteiger partial charge on any atom is 0.132 e. The molecule has 1 fully saturated rings. The zero-order chi connectivity index (χ0) is 23.6. The highest BCUT2D eigenvalue weighted by molar-refractivity contribution is 5.78. The van der Waals surface area contributed by atoms with Crippen molar-refractivity contribution in [2.75, 3.05) is 39.3 Å². The molecule has 0 aromatic heterocycles. The summed E-state index contributed by atoms with van der Waals surface area (Å²) in [6, 6.07) is 0. The molecule has 0 spiro atoms. The second-order valence-corrected chi connectivity index (χ2v) is 9.79. The Labute approximate surface area is 200 Å². The van der Waals surface area contributed by atoms with Crippen LogP contribution in [0.5, 0.6) is 0 Å². The van der Waals surface area contributed by atoms with E-state index < -0.39 is 0 Å². The van der Waals surface area contributed by atoms with E-state index in [9.17, 15) is 4.79 Å². The van der Waals surface area contributed by atoms with Crippen molar-refractivity contribution >= 4 is 5.78 Å². The number of piperazine rings is 1. The highest BCUT2D eigenvalue weighted by atomic mass is 16.1.